The number of hydrogen-bond donors (Lipinski definition) is 0. The van der Waals surface area contributed by atoms with Gasteiger partial charge in [-0.15, -0.1) is 0 Å². The van der Waals surface area contributed by atoms with Crippen LogP contribution in [-0.4, -0.2) is 50.4 Å². The molecule has 12 aromatic rings. The molecule has 2 heterocycles. The Morgan fingerprint density at radius 1 is 0.393 bits per heavy atom. The molecule has 0 aromatic heterocycles. The predicted octanol–water partition coefficient (Wildman–Crippen LogP) is 18.8. The van der Waals surface area contributed by atoms with E-state index < -0.39 is 0 Å². The largest absolute Gasteiger partial charge is 1.00 e. The zero-order chi connectivity index (χ0) is 62.4. The van der Waals surface area contributed by atoms with Gasteiger partial charge in [-0.3, -0.25) is 0 Å². The van der Waals surface area contributed by atoms with Gasteiger partial charge >= 0.3 is 33.7 Å². The van der Waals surface area contributed by atoms with Crippen LogP contribution in [0.15, 0.2) is 235 Å². The Kier molecular flexibility index (Phi) is 21.4. The van der Waals surface area contributed by atoms with Gasteiger partial charge < -0.3 is 30.3 Å². The Bertz CT molecular complexity index is 4320. The number of fused-ring (bicyclic) bond motifs is 12. The summed E-state index contributed by atoms with van der Waals surface area (Å²) in [4.78, 5) is 0. The fourth-order valence-corrected chi connectivity index (χ4v) is 11.4. The molecule has 0 saturated carbocycles. The number of halogens is 1. The minimum Gasteiger partial charge on any atom is -0.405 e. The molecule has 0 spiro atoms. The van der Waals surface area contributed by atoms with Gasteiger partial charge in [-0.25, -0.2) is 0 Å². The van der Waals surface area contributed by atoms with E-state index in [0.29, 0.717) is 6.10 Å². The molecule has 2 fully saturated rings. The first kappa shape index (κ1) is 66.6. The summed E-state index contributed by atoms with van der Waals surface area (Å²) in [6, 6.07) is 83.3. The van der Waals surface area contributed by atoms with Crippen molar-refractivity contribution in [2.45, 2.75) is 118 Å². The molecule has 2 aliphatic heterocycles. The molecule has 0 amide bonds. The number of ether oxygens (including phenoxy) is 1. The van der Waals surface area contributed by atoms with Crippen LogP contribution in [0.2, 0.25) is 0 Å². The van der Waals surface area contributed by atoms with Crippen molar-refractivity contribution in [2.24, 2.45) is 0 Å². The Morgan fingerprint density at radius 2 is 0.674 bits per heavy atom. The average Bonchev–Trinajstić information content (AvgIpc) is 2.14. The van der Waals surface area contributed by atoms with E-state index in [2.05, 4.69) is 288 Å². The van der Waals surface area contributed by atoms with E-state index in [4.69, 9.17) is 23.4 Å². The Balaban J connectivity index is 0.000000166. The van der Waals surface area contributed by atoms with Crippen molar-refractivity contribution in [3.63, 3.8) is 0 Å². The van der Waals surface area contributed by atoms with Crippen LogP contribution in [0.4, 0.5) is 0 Å². The van der Waals surface area contributed by atoms with Crippen molar-refractivity contribution in [2.75, 3.05) is 7.11 Å². The van der Waals surface area contributed by atoms with Gasteiger partial charge in [-0.05, 0) is 220 Å². The molecule has 9 heteroatoms. The molecule has 445 valence electrons. The molecule has 0 bridgehead atoms. The second-order valence-electron chi connectivity index (χ2n) is 25.1. The summed E-state index contributed by atoms with van der Waals surface area (Å²) < 4.78 is 28.9. The number of benzene rings is 12. The summed E-state index contributed by atoms with van der Waals surface area (Å²) in [5, 5.41) is 15.6. The molecule has 89 heavy (non-hydrogen) atoms. The van der Waals surface area contributed by atoms with Gasteiger partial charge in [-0.2, -0.15) is 6.42 Å². The van der Waals surface area contributed by atoms with Crippen LogP contribution in [0.3, 0.4) is 0 Å². The topological polar surface area (TPSA) is 46.2 Å². The van der Waals surface area contributed by atoms with E-state index in [0.717, 1.165) is 21.9 Å². The van der Waals surface area contributed by atoms with Gasteiger partial charge in [0, 0.05) is 11.6 Å². The second-order valence-corrected chi connectivity index (χ2v) is 26.0. The van der Waals surface area contributed by atoms with Crippen molar-refractivity contribution in [1.29, 1.82) is 0 Å². The summed E-state index contributed by atoms with van der Waals surface area (Å²) in [5.41, 5.74) is 9.60. The molecular weight excluding hydrogens is 1150 g/mol. The van der Waals surface area contributed by atoms with Crippen molar-refractivity contribution < 1.29 is 42.2 Å². The third-order valence-electron chi connectivity index (χ3n) is 17.7. The minimum absolute atomic E-state index is 0. The van der Waals surface area contributed by atoms with E-state index in [1.54, 1.807) is 7.11 Å². The van der Waals surface area contributed by atoms with E-state index in [1.165, 1.54) is 118 Å². The van der Waals surface area contributed by atoms with Crippen molar-refractivity contribution in [1.82, 2.24) is 0 Å². The molecule has 0 N–H and O–H groups in total. The number of hydrogen-bond acceptors (Lipinski definition) is 5. The van der Waals surface area contributed by atoms with Gasteiger partial charge in [0.1, 0.15) is 0 Å². The molecule has 0 aliphatic carbocycles. The van der Waals surface area contributed by atoms with Crippen LogP contribution in [0, 0.1) is 6.92 Å². The molecule has 1 radical (unpaired) electrons. The monoisotopic (exact) mass is 1230 g/mol. The number of unbranched alkanes of at least 4 members (excludes halogenated alkanes) is 1. The SMILES string of the molecule is Brc1cccc(-c2cccc(-c3ccc4c5ccccc5c5ccccc5c4c3)c2)c1.CC1(C)OB(c2cccc(-c3cccc(-c4ccc5c6ccccc6c6ccccc6c5c4)c3)c2)OC1(C)C.CC1(C)O[B]OC1(C)C.COC(C)C.[CH2-]CCC.[Li+]. The van der Waals surface area contributed by atoms with E-state index in [9.17, 15) is 0 Å². The maximum absolute atomic E-state index is 6.32. The van der Waals surface area contributed by atoms with E-state index in [1.807, 2.05) is 41.5 Å². The van der Waals surface area contributed by atoms with Crippen molar-refractivity contribution in [3.8, 4) is 44.5 Å². The van der Waals surface area contributed by atoms with Gasteiger partial charge in [0.25, 0.3) is 0 Å². The normalized spacial score (nSPS) is 15.0. The summed E-state index contributed by atoms with van der Waals surface area (Å²) in [6.45, 7) is 26.1. The average molecular weight is 1230 g/mol. The van der Waals surface area contributed by atoms with Crippen molar-refractivity contribution >= 4 is 101 Å². The fraction of sp³-hybridized carbons (Fsp3) is 0.237. The first-order valence-electron chi connectivity index (χ1n) is 30.8. The first-order valence-corrected chi connectivity index (χ1v) is 31.6. The smallest absolute Gasteiger partial charge is 0.405 e. The fourth-order valence-electron chi connectivity index (χ4n) is 11.0. The molecule has 2 aliphatic rings. The molecule has 0 unspecified atom stereocenters. The van der Waals surface area contributed by atoms with Gasteiger partial charge in [0.15, 0.2) is 0 Å². The third-order valence-corrected chi connectivity index (χ3v) is 18.2. The van der Waals surface area contributed by atoms with E-state index >= 15 is 0 Å². The standard InChI is InChI=1S/C36H31BO2.C30H19Br.C6H12BO2.C4H10O.C4H9.Li/c1-35(2)36(3,4)39-37(38-35)28-14-10-13-26(22-28)24-11-9-12-25(21-24)27-19-20-33-31-17-6-5-15-29(31)30-16-7-8-18-32(30)34(33)23-27;31-24-10-6-9-22(18-24)20-7-5-8-21(17-20)23-15-16-29-27-13-2-1-11-25(27)26-12-3-4-14-28(26)30(29)19-23;1-5(2)6(3,4)9-7-8-5;1-4(2)5-3;1-3-4-2;/h5-23H,1-4H3;1-19H;1-4H3;4H,1-3H3;1,3-4H2,2H3;/q;;;;-1;+1. The van der Waals surface area contributed by atoms with Gasteiger partial charge in [0.05, 0.1) is 28.5 Å². The quantitative estimate of drug-likeness (QED) is 0.0904. The Morgan fingerprint density at radius 3 is 0.978 bits per heavy atom. The van der Waals surface area contributed by atoms with Crippen molar-refractivity contribution in [3.05, 3.63) is 242 Å². The predicted molar refractivity (Wildman–Crippen MR) is 382 cm³/mol. The zero-order valence-corrected chi connectivity index (χ0v) is 55.8. The van der Waals surface area contributed by atoms with E-state index in [-0.39, 0.29) is 48.4 Å². The maximum Gasteiger partial charge on any atom is 1.00 e. The molecule has 0 atom stereocenters. The summed E-state index contributed by atoms with van der Waals surface area (Å²) >= 11 is 3.59. The van der Waals surface area contributed by atoms with Crippen LogP contribution in [0.1, 0.15) is 89.0 Å². The van der Waals surface area contributed by atoms with Crippen LogP contribution >= 0.6 is 15.9 Å². The molecule has 5 nitrogen and oxygen atoms in total. The summed E-state index contributed by atoms with van der Waals surface area (Å²) in [5.74, 6) is 0. The Hall–Kier alpha value is -6.79. The number of methoxy groups -OCH3 is 1. The number of rotatable bonds is 7. The summed E-state index contributed by atoms with van der Waals surface area (Å²) in [7, 11) is 2.74. The third kappa shape index (κ3) is 14.7. The van der Waals surface area contributed by atoms with Crippen LogP contribution < -0.4 is 24.3 Å². The maximum atomic E-state index is 6.32. The second kappa shape index (κ2) is 28.6. The van der Waals surface area contributed by atoms with Gasteiger partial charge in [-0.1, -0.05) is 223 Å². The molecule has 12 aromatic carbocycles. The minimum atomic E-state index is -0.373. The zero-order valence-electron chi connectivity index (χ0n) is 54.2. The molecular formula is C80H81B2BrLiO5. The van der Waals surface area contributed by atoms with Crippen LogP contribution in [0.25, 0.3) is 109 Å². The van der Waals surface area contributed by atoms with Crippen LogP contribution in [-0.2, 0) is 23.4 Å². The van der Waals surface area contributed by atoms with Gasteiger partial charge in [0.2, 0.25) is 0 Å². The first-order chi connectivity index (χ1) is 42.2. The molecule has 14 rings (SSSR count). The molecule has 2 saturated heterocycles. The Labute approximate surface area is 550 Å². The van der Waals surface area contributed by atoms with Crippen LogP contribution in [0.5, 0.6) is 0 Å². The summed E-state index contributed by atoms with van der Waals surface area (Å²) in [6.07, 6.45) is 2.66.